The predicted molar refractivity (Wildman–Crippen MR) is 54.5 cm³/mol. The second kappa shape index (κ2) is 3.02. The van der Waals surface area contributed by atoms with Gasteiger partial charge in [0.25, 0.3) is 0 Å². The highest BCUT2D eigenvalue weighted by Crippen LogP contribution is 2.42. The Kier molecular flexibility index (Phi) is 2.15. The van der Waals surface area contributed by atoms with E-state index in [-0.39, 0.29) is 0 Å². The molecule has 0 spiro atoms. The zero-order chi connectivity index (χ0) is 8.72. The highest BCUT2D eigenvalue weighted by Gasteiger charge is 2.36. The van der Waals surface area contributed by atoms with Gasteiger partial charge >= 0.3 is 0 Å². The Bertz CT molecular complexity index is 313. The number of halogens is 2. The molecule has 3 heteroatoms. The minimum Gasteiger partial charge on any atom is -0.327 e. The van der Waals surface area contributed by atoms with Crippen molar-refractivity contribution in [1.29, 1.82) is 0 Å². The molecule has 0 aromatic heterocycles. The van der Waals surface area contributed by atoms with Crippen molar-refractivity contribution in [3.63, 3.8) is 0 Å². The minimum atomic E-state index is 0.333. The van der Waals surface area contributed by atoms with Crippen molar-refractivity contribution in [2.45, 2.75) is 18.4 Å². The van der Waals surface area contributed by atoms with Gasteiger partial charge < -0.3 is 5.73 Å². The monoisotopic (exact) mass is 245 g/mol. The molecule has 1 aliphatic carbocycles. The molecule has 0 radical (unpaired) electrons. The van der Waals surface area contributed by atoms with Crippen LogP contribution in [-0.2, 0) is 0 Å². The second-order valence-electron chi connectivity index (χ2n) is 3.17. The molecule has 1 aliphatic rings. The summed E-state index contributed by atoms with van der Waals surface area (Å²) in [4.78, 5) is 0. The van der Waals surface area contributed by atoms with Gasteiger partial charge in [0.05, 0.1) is 0 Å². The summed E-state index contributed by atoms with van der Waals surface area (Å²) in [5.74, 6) is 0.512. The Morgan fingerprint density at radius 3 is 2.75 bits per heavy atom. The van der Waals surface area contributed by atoms with Crippen LogP contribution in [0.2, 0.25) is 5.02 Å². The molecule has 2 atom stereocenters. The summed E-state index contributed by atoms with van der Waals surface area (Å²) in [5, 5.41) is 0.785. The van der Waals surface area contributed by atoms with Crippen molar-refractivity contribution >= 4 is 27.5 Å². The zero-order valence-corrected chi connectivity index (χ0v) is 8.77. The third-order valence-corrected chi connectivity index (χ3v) is 3.15. The summed E-state index contributed by atoms with van der Waals surface area (Å²) in [5.41, 5.74) is 7.00. The van der Waals surface area contributed by atoms with E-state index in [1.165, 1.54) is 5.56 Å². The number of rotatable bonds is 1. The normalized spacial score (nSPS) is 27.2. The average Bonchev–Trinajstić information content (AvgIpc) is 2.73. The molecule has 2 rings (SSSR count). The van der Waals surface area contributed by atoms with Crippen molar-refractivity contribution < 1.29 is 0 Å². The van der Waals surface area contributed by atoms with E-state index in [0.717, 1.165) is 15.9 Å². The van der Waals surface area contributed by atoms with Gasteiger partial charge in [-0.3, -0.25) is 0 Å². The van der Waals surface area contributed by atoms with Crippen molar-refractivity contribution in [1.82, 2.24) is 0 Å². The van der Waals surface area contributed by atoms with Crippen molar-refractivity contribution in [2.75, 3.05) is 0 Å². The van der Waals surface area contributed by atoms with Gasteiger partial charge in [-0.25, -0.2) is 0 Å². The van der Waals surface area contributed by atoms with Gasteiger partial charge in [-0.1, -0.05) is 27.5 Å². The number of hydrogen-bond donors (Lipinski definition) is 1. The molecule has 64 valence electrons. The smallest absolute Gasteiger partial charge is 0.0409 e. The first-order chi connectivity index (χ1) is 5.68. The van der Waals surface area contributed by atoms with Crippen molar-refractivity contribution in [3.8, 4) is 0 Å². The van der Waals surface area contributed by atoms with Crippen LogP contribution < -0.4 is 5.73 Å². The maximum atomic E-state index is 5.87. The maximum Gasteiger partial charge on any atom is 0.0409 e. The van der Waals surface area contributed by atoms with Crippen LogP contribution in [-0.4, -0.2) is 6.04 Å². The van der Waals surface area contributed by atoms with Crippen LogP contribution >= 0.6 is 27.5 Å². The van der Waals surface area contributed by atoms with E-state index in [9.17, 15) is 0 Å². The van der Waals surface area contributed by atoms with E-state index in [2.05, 4.69) is 15.9 Å². The third-order valence-electron chi connectivity index (χ3n) is 2.20. The molecule has 1 saturated carbocycles. The Morgan fingerprint density at radius 1 is 1.50 bits per heavy atom. The molecular weight excluding hydrogens is 237 g/mol. The molecule has 0 bridgehead atoms. The third kappa shape index (κ3) is 1.51. The van der Waals surface area contributed by atoms with Gasteiger partial charge in [-0.05, 0) is 30.2 Å². The lowest BCUT2D eigenvalue weighted by Crippen LogP contribution is -2.01. The summed E-state index contributed by atoms with van der Waals surface area (Å²) < 4.78 is 1.12. The van der Waals surface area contributed by atoms with E-state index in [1.54, 1.807) is 0 Å². The van der Waals surface area contributed by atoms with Gasteiger partial charge in [0.2, 0.25) is 0 Å². The summed E-state index contributed by atoms with van der Waals surface area (Å²) in [7, 11) is 0. The Balaban J connectivity index is 2.36. The molecule has 1 aromatic rings. The van der Waals surface area contributed by atoms with Crippen LogP contribution in [0, 0.1) is 0 Å². The molecule has 0 heterocycles. The Morgan fingerprint density at radius 2 is 2.17 bits per heavy atom. The summed E-state index contributed by atoms with van der Waals surface area (Å²) in [6.07, 6.45) is 1.08. The molecular formula is C9H9BrClN. The van der Waals surface area contributed by atoms with Crippen LogP contribution in [0.25, 0.3) is 0 Å². The fourth-order valence-corrected chi connectivity index (χ4v) is 2.09. The average molecular weight is 247 g/mol. The Labute approximate surface area is 85.0 Å². The van der Waals surface area contributed by atoms with E-state index < -0.39 is 0 Å². The lowest BCUT2D eigenvalue weighted by atomic mass is 10.1. The number of hydrogen-bond acceptors (Lipinski definition) is 1. The largest absolute Gasteiger partial charge is 0.327 e. The number of benzene rings is 1. The molecule has 0 amide bonds. The standard InChI is InChI=1S/C9H9BrClN/c10-8-2-1-5(11)3-6(8)7-4-9(7)12/h1-3,7,9H,4,12H2/t7-,9+/m0/s1. The molecule has 1 aromatic carbocycles. The quantitative estimate of drug-likeness (QED) is 0.810. The van der Waals surface area contributed by atoms with E-state index in [4.69, 9.17) is 17.3 Å². The van der Waals surface area contributed by atoms with Gasteiger partial charge in [0.15, 0.2) is 0 Å². The first kappa shape index (κ1) is 8.54. The van der Waals surface area contributed by atoms with Crippen LogP contribution in [0.15, 0.2) is 22.7 Å². The molecule has 12 heavy (non-hydrogen) atoms. The van der Waals surface area contributed by atoms with Gasteiger partial charge in [-0.15, -0.1) is 0 Å². The zero-order valence-electron chi connectivity index (χ0n) is 6.43. The summed E-state index contributed by atoms with van der Waals surface area (Å²) in [6.45, 7) is 0. The topological polar surface area (TPSA) is 26.0 Å². The molecule has 0 unspecified atom stereocenters. The van der Waals surface area contributed by atoms with E-state index in [1.807, 2.05) is 18.2 Å². The SMILES string of the molecule is N[C@@H]1C[C@H]1c1cc(Cl)ccc1Br. The van der Waals surface area contributed by atoms with Gasteiger partial charge in [-0.2, -0.15) is 0 Å². The van der Waals surface area contributed by atoms with E-state index >= 15 is 0 Å². The Hall–Kier alpha value is -0.0500. The van der Waals surface area contributed by atoms with E-state index in [0.29, 0.717) is 12.0 Å². The van der Waals surface area contributed by atoms with Crippen LogP contribution in [0.1, 0.15) is 17.9 Å². The van der Waals surface area contributed by atoms with Gasteiger partial charge in [0, 0.05) is 21.5 Å². The fourth-order valence-electron chi connectivity index (χ4n) is 1.37. The molecule has 1 fully saturated rings. The first-order valence-electron chi connectivity index (χ1n) is 3.89. The summed E-state index contributed by atoms with van der Waals surface area (Å²) in [6, 6.07) is 6.18. The summed E-state index contributed by atoms with van der Waals surface area (Å²) >= 11 is 9.36. The second-order valence-corrected chi connectivity index (χ2v) is 4.46. The lowest BCUT2D eigenvalue weighted by Gasteiger charge is -2.02. The molecule has 2 N–H and O–H groups in total. The van der Waals surface area contributed by atoms with Gasteiger partial charge in [0.1, 0.15) is 0 Å². The van der Waals surface area contributed by atoms with Crippen molar-refractivity contribution in [2.24, 2.45) is 5.73 Å². The minimum absolute atomic E-state index is 0.333. The van der Waals surface area contributed by atoms with Crippen LogP contribution in [0.3, 0.4) is 0 Å². The van der Waals surface area contributed by atoms with Crippen LogP contribution in [0.4, 0.5) is 0 Å². The molecule has 0 aliphatic heterocycles. The predicted octanol–water partition coefficient (Wildman–Crippen LogP) is 2.92. The van der Waals surface area contributed by atoms with Crippen molar-refractivity contribution in [3.05, 3.63) is 33.3 Å². The molecule has 1 nitrogen and oxygen atoms in total. The highest BCUT2D eigenvalue weighted by molar-refractivity contribution is 9.10. The first-order valence-corrected chi connectivity index (χ1v) is 5.06. The van der Waals surface area contributed by atoms with Crippen LogP contribution in [0.5, 0.6) is 0 Å². The number of nitrogens with two attached hydrogens (primary N) is 1. The maximum absolute atomic E-state index is 5.87. The fraction of sp³-hybridized carbons (Fsp3) is 0.333. The highest BCUT2D eigenvalue weighted by atomic mass is 79.9. The molecule has 0 saturated heterocycles. The lowest BCUT2D eigenvalue weighted by molar-refractivity contribution is 0.986.